The van der Waals surface area contributed by atoms with Gasteiger partial charge in [-0.2, -0.15) is 0 Å². The molecular formula is C21H25NO. The fourth-order valence-electron chi connectivity index (χ4n) is 3.61. The summed E-state index contributed by atoms with van der Waals surface area (Å²) in [4.78, 5) is 14.9. The maximum atomic E-state index is 12.8. The molecule has 3 rings (SSSR count). The van der Waals surface area contributed by atoms with E-state index in [1.807, 2.05) is 6.07 Å². The lowest BCUT2D eigenvalue weighted by molar-refractivity contribution is -0.136. The van der Waals surface area contributed by atoms with Gasteiger partial charge >= 0.3 is 0 Å². The maximum absolute atomic E-state index is 12.8. The molecule has 1 heterocycles. The average Bonchev–Trinajstić information content (AvgIpc) is 2.61. The van der Waals surface area contributed by atoms with Crippen LogP contribution in [0, 0.1) is 5.92 Å². The summed E-state index contributed by atoms with van der Waals surface area (Å²) in [6, 6.07) is 19.1. The lowest BCUT2D eigenvalue weighted by Gasteiger charge is -2.36. The van der Waals surface area contributed by atoms with Crippen molar-refractivity contribution in [2.24, 2.45) is 5.92 Å². The Morgan fingerprint density at radius 2 is 1.83 bits per heavy atom. The fourth-order valence-corrected chi connectivity index (χ4v) is 3.61. The Morgan fingerprint density at radius 1 is 1.13 bits per heavy atom. The SMILES string of the molecule is CCCC(C)C(=O)N1Cc2ccccc2C(c2ccccc2)C1. The molecule has 120 valence electrons. The Bertz CT molecular complexity index is 665. The Kier molecular flexibility index (Phi) is 4.80. The summed E-state index contributed by atoms with van der Waals surface area (Å²) in [7, 11) is 0. The monoisotopic (exact) mass is 307 g/mol. The molecule has 0 fully saturated rings. The van der Waals surface area contributed by atoms with E-state index in [1.165, 1.54) is 16.7 Å². The molecule has 0 saturated heterocycles. The molecule has 0 aromatic heterocycles. The van der Waals surface area contributed by atoms with Gasteiger partial charge in [0.1, 0.15) is 0 Å². The maximum Gasteiger partial charge on any atom is 0.225 e. The van der Waals surface area contributed by atoms with Crippen LogP contribution in [0.5, 0.6) is 0 Å². The topological polar surface area (TPSA) is 20.3 Å². The molecule has 2 unspecified atom stereocenters. The van der Waals surface area contributed by atoms with Crippen molar-refractivity contribution in [1.82, 2.24) is 4.90 Å². The van der Waals surface area contributed by atoms with Gasteiger partial charge in [0, 0.05) is 24.9 Å². The van der Waals surface area contributed by atoms with Crippen LogP contribution in [-0.2, 0) is 11.3 Å². The van der Waals surface area contributed by atoms with Crippen LogP contribution in [0.3, 0.4) is 0 Å². The smallest absolute Gasteiger partial charge is 0.225 e. The minimum atomic E-state index is 0.113. The molecule has 0 spiro atoms. The van der Waals surface area contributed by atoms with E-state index in [4.69, 9.17) is 0 Å². The first-order chi connectivity index (χ1) is 11.2. The van der Waals surface area contributed by atoms with Crippen LogP contribution < -0.4 is 0 Å². The van der Waals surface area contributed by atoms with Crippen molar-refractivity contribution in [3.8, 4) is 0 Å². The minimum Gasteiger partial charge on any atom is -0.337 e. The van der Waals surface area contributed by atoms with Crippen molar-refractivity contribution in [3.63, 3.8) is 0 Å². The van der Waals surface area contributed by atoms with E-state index < -0.39 is 0 Å². The number of amides is 1. The van der Waals surface area contributed by atoms with Gasteiger partial charge in [-0.1, -0.05) is 74.9 Å². The Balaban J connectivity index is 1.92. The molecule has 2 aromatic carbocycles. The van der Waals surface area contributed by atoms with E-state index in [1.54, 1.807) is 0 Å². The van der Waals surface area contributed by atoms with Crippen LogP contribution in [0.2, 0.25) is 0 Å². The molecule has 1 aliphatic rings. The van der Waals surface area contributed by atoms with E-state index in [-0.39, 0.29) is 11.8 Å². The number of nitrogens with zero attached hydrogens (tertiary/aromatic N) is 1. The normalized spacial score (nSPS) is 18.3. The van der Waals surface area contributed by atoms with Gasteiger partial charge in [-0.3, -0.25) is 4.79 Å². The highest BCUT2D eigenvalue weighted by Crippen LogP contribution is 2.34. The summed E-state index contributed by atoms with van der Waals surface area (Å²) in [5.41, 5.74) is 3.94. The molecule has 0 aliphatic carbocycles. The van der Waals surface area contributed by atoms with Crippen molar-refractivity contribution >= 4 is 5.91 Å². The van der Waals surface area contributed by atoms with Crippen LogP contribution in [-0.4, -0.2) is 17.4 Å². The Labute approximate surface area is 139 Å². The molecule has 2 heteroatoms. The molecule has 0 bridgehead atoms. The molecule has 2 nitrogen and oxygen atoms in total. The standard InChI is InChI=1S/C21H25NO/c1-3-9-16(2)21(23)22-14-18-12-7-8-13-19(18)20(15-22)17-10-5-4-6-11-17/h4-8,10-13,16,20H,3,9,14-15H2,1-2H3. The molecule has 0 N–H and O–H groups in total. The molecule has 1 aliphatic heterocycles. The number of hydrogen-bond donors (Lipinski definition) is 0. The zero-order valence-electron chi connectivity index (χ0n) is 14.0. The summed E-state index contributed by atoms with van der Waals surface area (Å²) in [6.07, 6.45) is 2.02. The lowest BCUT2D eigenvalue weighted by atomic mass is 9.84. The minimum absolute atomic E-state index is 0.113. The van der Waals surface area contributed by atoms with Gasteiger partial charge in [0.2, 0.25) is 5.91 Å². The third-order valence-electron chi connectivity index (χ3n) is 4.85. The number of carbonyl (C=O) groups is 1. The van der Waals surface area contributed by atoms with Gasteiger partial charge in [-0.15, -0.1) is 0 Å². The fraction of sp³-hybridized carbons (Fsp3) is 0.381. The van der Waals surface area contributed by atoms with E-state index in [0.717, 1.165) is 25.9 Å². The largest absolute Gasteiger partial charge is 0.337 e. The van der Waals surface area contributed by atoms with Crippen molar-refractivity contribution in [3.05, 3.63) is 71.3 Å². The number of rotatable bonds is 4. The van der Waals surface area contributed by atoms with E-state index in [0.29, 0.717) is 5.91 Å². The van der Waals surface area contributed by atoms with Gasteiger partial charge in [0.15, 0.2) is 0 Å². The first kappa shape index (κ1) is 15.8. The highest BCUT2D eigenvalue weighted by Gasteiger charge is 2.30. The average molecular weight is 307 g/mol. The van der Waals surface area contributed by atoms with Crippen LogP contribution in [0.15, 0.2) is 54.6 Å². The summed E-state index contributed by atoms with van der Waals surface area (Å²) in [5, 5.41) is 0. The van der Waals surface area contributed by atoms with Gasteiger partial charge in [-0.05, 0) is 23.1 Å². The zero-order chi connectivity index (χ0) is 16.2. The van der Waals surface area contributed by atoms with Crippen molar-refractivity contribution < 1.29 is 4.79 Å². The van der Waals surface area contributed by atoms with Gasteiger partial charge in [-0.25, -0.2) is 0 Å². The highest BCUT2D eigenvalue weighted by molar-refractivity contribution is 5.79. The highest BCUT2D eigenvalue weighted by atomic mass is 16.2. The predicted octanol–water partition coefficient (Wildman–Crippen LogP) is 4.60. The third kappa shape index (κ3) is 3.31. The number of fused-ring (bicyclic) bond motifs is 1. The summed E-state index contributed by atoms with van der Waals surface area (Å²) in [6.45, 7) is 5.73. The van der Waals surface area contributed by atoms with E-state index >= 15 is 0 Å². The molecular weight excluding hydrogens is 282 g/mol. The summed E-state index contributed by atoms with van der Waals surface area (Å²) in [5.74, 6) is 0.683. The zero-order valence-corrected chi connectivity index (χ0v) is 14.0. The van der Waals surface area contributed by atoms with Crippen LogP contribution in [0.25, 0.3) is 0 Å². The summed E-state index contributed by atoms with van der Waals surface area (Å²) >= 11 is 0. The van der Waals surface area contributed by atoms with Gasteiger partial charge in [0.25, 0.3) is 0 Å². The van der Waals surface area contributed by atoms with Crippen molar-refractivity contribution in [1.29, 1.82) is 0 Å². The predicted molar refractivity (Wildman–Crippen MR) is 94.2 cm³/mol. The molecule has 0 saturated carbocycles. The molecule has 23 heavy (non-hydrogen) atoms. The van der Waals surface area contributed by atoms with Crippen LogP contribution in [0.4, 0.5) is 0 Å². The van der Waals surface area contributed by atoms with Crippen molar-refractivity contribution in [2.45, 2.75) is 39.2 Å². The summed E-state index contributed by atoms with van der Waals surface area (Å²) < 4.78 is 0. The van der Waals surface area contributed by atoms with Gasteiger partial charge in [0.05, 0.1) is 0 Å². The first-order valence-corrected chi connectivity index (χ1v) is 8.62. The second-order valence-corrected chi connectivity index (χ2v) is 6.57. The first-order valence-electron chi connectivity index (χ1n) is 8.62. The number of carbonyl (C=O) groups excluding carboxylic acids is 1. The third-order valence-corrected chi connectivity index (χ3v) is 4.85. The van der Waals surface area contributed by atoms with Gasteiger partial charge < -0.3 is 4.90 Å². The number of benzene rings is 2. The van der Waals surface area contributed by atoms with E-state index in [2.05, 4.69) is 67.3 Å². The molecule has 2 aromatic rings. The quantitative estimate of drug-likeness (QED) is 0.808. The Hall–Kier alpha value is -2.09. The molecule has 1 amide bonds. The molecule has 0 radical (unpaired) electrons. The second kappa shape index (κ2) is 6.99. The lowest BCUT2D eigenvalue weighted by Crippen LogP contribution is -2.41. The molecule has 2 atom stereocenters. The second-order valence-electron chi connectivity index (χ2n) is 6.57. The van der Waals surface area contributed by atoms with E-state index in [9.17, 15) is 4.79 Å². The van der Waals surface area contributed by atoms with Crippen LogP contribution >= 0.6 is 0 Å². The van der Waals surface area contributed by atoms with Crippen LogP contribution in [0.1, 0.15) is 49.3 Å². The Morgan fingerprint density at radius 3 is 2.57 bits per heavy atom. The number of hydrogen-bond acceptors (Lipinski definition) is 1. The van der Waals surface area contributed by atoms with Crippen molar-refractivity contribution in [2.75, 3.05) is 6.54 Å².